The average molecular weight is 192 g/mol. The fraction of sp³-hybridized carbons (Fsp3) is 0.125. The van der Waals surface area contributed by atoms with E-state index in [1.54, 1.807) is 4.68 Å². The van der Waals surface area contributed by atoms with Gasteiger partial charge in [-0.2, -0.15) is 5.21 Å². The van der Waals surface area contributed by atoms with Gasteiger partial charge in [0, 0.05) is 0 Å². The number of nitrogens with zero attached hydrogens (tertiary/aromatic N) is 3. The Morgan fingerprint density at radius 1 is 1.46 bits per heavy atom. The molecule has 0 fully saturated rings. The molecular formula is C8H8N4S. The van der Waals surface area contributed by atoms with Crippen molar-refractivity contribution in [3.63, 3.8) is 0 Å². The van der Waals surface area contributed by atoms with E-state index in [1.807, 2.05) is 18.2 Å². The van der Waals surface area contributed by atoms with Crippen LogP contribution in [-0.2, 0) is 0 Å². The highest BCUT2D eigenvalue weighted by Crippen LogP contribution is 2.09. The maximum absolute atomic E-state index is 4.97. The van der Waals surface area contributed by atoms with Gasteiger partial charge < -0.3 is 0 Å². The second-order valence-corrected chi connectivity index (χ2v) is 2.94. The molecule has 1 aromatic heterocycles. The number of aromatic nitrogens is 4. The first-order chi connectivity index (χ1) is 6.38. The Bertz CT molecular complexity index is 435. The number of tetrazole rings is 1. The Hall–Kier alpha value is -1.49. The molecule has 0 saturated heterocycles. The summed E-state index contributed by atoms with van der Waals surface area (Å²) in [5.74, 6) is 0. The van der Waals surface area contributed by atoms with Crippen molar-refractivity contribution < 1.29 is 0 Å². The van der Waals surface area contributed by atoms with E-state index in [4.69, 9.17) is 12.2 Å². The third kappa shape index (κ3) is 1.65. The zero-order valence-electron chi connectivity index (χ0n) is 6.84. The first kappa shape index (κ1) is 8.12. The van der Waals surface area contributed by atoms with Gasteiger partial charge in [-0.1, -0.05) is 34.6 Å². The van der Waals surface area contributed by atoms with Crippen LogP contribution in [0.2, 0.25) is 0 Å². The molecule has 0 aliphatic heterocycles. The minimum absolute atomic E-state index is 0.442. The van der Waals surface area contributed by atoms with Crippen LogP contribution in [0.4, 0.5) is 0 Å². The molecular weight excluding hydrogens is 184 g/mol. The predicted molar refractivity (Wildman–Crippen MR) is 52.4 cm³/mol. The van der Waals surface area contributed by atoms with E-state index in [0.717, 1.165) is 12.1 Å². The standard InChI is InChI=1S/C8H8N4S/c13-8-9-10-11-12(8)7-5-3-1-2-4-6-7/h1-3,5-6H,4H2,(H,9,11,13). The van der Waals surface area contributed by atoms with Crippen molar-refractivity contribution in [1.29, 1.82) is 0 Å². The Morgan fingerprint density at radius 3 is 3.15 bits per heavy atom. The second kappa shape index (κ2) is 3.49. The van der Waals surface area contributed by atoms with Crippen LogP contribution in [0, 0.1) is 4.77 Å². The highest BCUT2D eigenvalue weighted by atomic mass is 32.1. The molecule has 2 rings (SSSR count). The first-order valence-corrected chi connectivity index (χ1v) is 4.32. The molecule has 0 spiro atoms. The normalized spacial score (nSPS) is 15.5. The fourth-order valence-electron chi connectivity index (χ4n) is 1.10. The van der Waals surface area contributed by atoms with Gasteiger partial charge in [0.1, 0.15) is 0 Å². The molecule has 5 heteroatoms. The molecule has 66 valence electrons. The maximum Gasteiger partial charge on any atom is 0.242 e. The van der Waals surface area contributed by atoms with Crippen molar-refractivity contribution in [3.05, 3.63) is 35.2 Å². The Kier molecular flexibility index (Phi) is 2.18. The summed E-state index contributed by atoms with van der Waals surface area (Å²) in [6.07, 6.45) is 10.9. The molecule has 4 nitrogen and oxygen atoms in total. The molecule has 0 aromatic carbocycles. The summed E-state index contributed by atoms with van der Waals surface area (Å²) in [6, 6.07) is 0. The molecule has 1 heterocycles. The summed E-state index contributed by atoms with van der Waals surface area (Å²) in [5.41, 5.74) is 0.972. The van der Waals surface area contributed by atoms with Crippen LogP contribution in [0.1, 0.15) is 6.42 Å². The summed E-state index contributed by atoms with van der Waals surface area (Å²) in [7, 11) is 0. The van der Waals surface area contributed by atoms with Crippen LogP contribution in [-0.4, -0.2) is 20.2 Å². The highest BCUT2D eigenvalue weighted by Gasteiger charge is 1.99. The molecule has 0 atom stereocenters. The quantitative estimate of drug-likeness (QED) is 0.689. The van der Waals surface area contributed by atoms with E-state index in [0.29, 0.717) is 4.77 Å². The SMILES string of the molecule is S=c1nn[nH]n1C1=CCC=CC=C1. The minimum Gasteiger partial charge on any atom is -0.210 e. The van der Waals surface area contributed by atoms with E-state index < -0.39 is 0 Å². The predicted octanol–water partition coefficient (Wildman–Crippen LogP) is 1.69. The molecule has 1 aromatic rings. The van der Waals surface area contributed by atoms with Crippen LogP contribution >= 0.6 is 12.2 Å². The van der Waals surface area contributed by atoms with Gasteiger partial charge in [-0.15, -0.1) is 0 Å². The number of rotatable bonds is 1. The van der Waals surface area contributed by atoms with Gasteiger partial charge >= 0.3 is 0 Å². The van der Waals surface area contributed by atoms with E-state index in [9.17, 15) is 0 Å². The zero-order chi connectivity index (χ0) is 9.10. The number of H-pyrrole nitrogens is 1. The van der Waals surface area contributed by atoms with Crippen molar-refractivity contribution in [1.82, 2.24) is 20.2 Å². The third-order valence-corrected chi connectivity index (χ3v) is 1.97. The van der Waals surface area contributed by atoms with E-state index in [2.05, 4.69) is 27.7 Å². The monoisotopic (exact) mass is 192 g/mol. The second-order valence-electron chi connectivity index (χ2n) is 2.57. The van der Waals surface area contributed by atoms with Gasteiger partial charge in [-0.25, -0.2) is 4.68 Å². The smallest absolute Gasteiger partial charge is 0.210 e. The summed E-state index contributed by atoms with van der Waals surface area (Å²) in [6.45, 7) is 0. The number of hydrogen-bond acceptors (Lipinski definition) is 3. The number of allylic oxidation sites excluding steroid dienone is 6. The maximum atomic E-state index is 4.97. The minimum atomic E-state index is 0.442. The molecule has 13 heavy (non-hydrogen) atoms. The summed E-state index contributed by atoms with van der Waals surface area (Å²) in [4.78, 5) is 0. The fourth-order valence-corrected chi connectivity index (χ4v) is 1.29. The summed E-state index contributed by atoms with van der Waals surface area (Å²) in [5, 5.41) is 10.0. The topological polar surface area (TPSA) is 46.5 Å². The lowest BCUT2D eigenvalue weighted by molar-refractivity contribution is 0.802. The first-order valence-electron chi connectivity index (χ1n) is 3.92. The lowest BCUT2D eigenvalue weighted by Crippen LogP contribution is -1.97. The van der Waals surface area contributed by atoms with Crippen molar-refractivity contribution in [3.8, 4) is 0 Å². The van der Waals surface area contributed by atoms with E-state index in [-0.39, 0.29) is 0 Å². The largest absolute Gasteiger partial charge is 0.242 e. The van der Waals surface area contributed by atoms with Crippen LogP contribution in [0.25, 0.3) is 5.70 Å². The van der Waals surface area contributed by atoms with Gasteiger partial charge in [0.05, 0.1) is 5.70 Å². The lowest BCUT2D eigenvalue weighted by atomic mass is 10.3. The molecule has 0 radical (unpaired) electrons. The Morgan fingerprint density at radius 2 is 2.38 bits per heavy atom. The third-order valence-electron chi connectivity index (χ3n) is 1.71. The van der Waals surface area contributed by atoms with Crippen molar-refractivity contribution in [2.45, 2.75) is 6.42 Å². The van der Waals surface area contributed by atoms with E-state index >= 15 is 0 Å². The average Bonchev–Trinajstić information content (AvgIpc) is 2.43. The van der Waals surface area contributed by atoms with Gasteiger partial charge in [-0.3, -0.25) is 0 Å². The van der Waals surface area contributed by atoms with E-state index in [1.165, 1.54) is 0 Å². The molecule has 0 saturated carbocycles. The van der Waals surface area contributed by atoms with Crippen LogP contribution in [0.3, 0.4) is 0 Å². The number of aromatic amines is 1. The number of nitrogens with one attached hydrogen (secondary N) is 1. The molecule has 0 amide bonds. The molecule has 1 aliphatic carbocycles. The Balaban J connectivity index is 2.42. The summed E-state index contributed by atoms with van der Waals surface area (Å²) >= 11 is 4.97. The summed E-state index contributed by atoms with van der Waals surface area (Å²) < 4.78 is 2.11. The number of hydrogen-bond donors (Lipinski definition) is 1. The van der Waals surface area contributed by atoms with Crippen molar-refractivity contribution >= 4 is 17.9 Å². The molecule has 1 aliphatic rings. The van der Waals surface area contributed by atoms with Gasteiger partial charge in [0.25, 0.3) is 0 Å². The van der Waals surface area contributed by atoms with Crippen LogP contribution in [0.15, 0.2) is 30.4 Å². The van der Waals surface area contributed by atoms with Crippen LogP contribution in [0.5, 0.6) is 0 Å². The van der Waals surface area contributed by atoms with Gasteiger partial charge in [0.2, 0.25) is 4.77 Å². The molecule has 1 N–H and O–H groups in total. The molecule has 0 bridgehead atoms. The van der Waals surface area contributed by atoms with Gasteiger partial charge in [-0.05, 0) is 24.7 Å². The Labute approximate surface area is 80.3 Å². The highest BCUT2D eigenvalue weighted by molar-refractivity contribution is 7.71. The lowest BCUT2D eigenvalue weighted by Gasteiger charge is -1.98. The zero-order valence-corrected chi connectivity index (χ0v) is 7.66. The van der Waals surface area contributed by atoms with Crippen LogP contribution < -0.4 is 0 Å². The van der Waals surface area contributed by atoms with Gasteiger partial charge in [0.15, 0.2) is 0 Å². The van der Waals surface area contributed by atoms with Crippen molar-refractivity contribution in [2.75, 3.05) is 0 Å². The molecule has 0 unspecified atom stereocenters. The van der Waals surface area contributed by atoms with Crippen molar-refractivity contribution in [2.24, 2.45) is 0 Å².